The molecule has 1 unspecified atom stereocenters. The SMILES string of the molecule is COC(=O)C(C)=CCOC(C)C(F)(F)F. The largest absolute Gasteiger partial charge is 0.466 e. The molecule has 1 atom stereocenters. The number of hydrogen-bond acceptors (Lipinski definition) is 3. The molecule has 0 aromatic rings. The molecule has 3 nitrogen and oxygen atoms in total. The normalized spacial score (nSPS) is 14.9. The van der Waals surface area contributed by atoms with Gasteiger partial charge in [-0.2, -0.15) is 13.2 Å². The van der Waals surface area contributed by atoms with Crippen molar-refractivity contribution in [2.75, 3.05) is 13.7 Å². The molecule has 0 bridgehead atoms. The second-order valence-electron chi connectivity index (χ2n) is 2.90. The lowest BCUT2D eigenvalue weighted by Crippen LogP contribution is -2.28. The van der Waals surface area contributed by atoms with Crippen LogP contribution in [0.1, 0.15) is 13.8 Å². The summed E-state index contributed by atoms with van der Waals surface area (Å²) in [6.07, 6.45) is -4.99. The third kappa shape index (κ3) is 5.41. The Balaban J connectivity index is 4.03. The van der Waals surface area contributed by atoms with Crippen LogP contribution < -0.4 is 0 Å². The minimum Gasteiger partial charge on any atom is -0.466 e. The third-order valence-corrected chi connectivity index (χ3v) is 1.70. The first-order valence-corrected chi connectivity index (χ1v) is 4.22. The highest BCUT2D eigenvalue weighted by Crippen LogP contribution is 2.22. The summed E-state index contributed by atoms with van der Waals surface area (Å²) in [4.78, 5) is 10.8. The Hall–Kier alpha value is -1.04. The van der Waals surface area contributed by atoms with E-state index in [2.05, 4.69) is 9.47 Å². The first-order valence-electron chi connectivity index (χ1n) is 4.22. The summed E-state index contributed by atoms with van der Waals surface area (Å²) in [5.41, 5.74) is 0.215. The number of esters is 1. The number of alkyl halides is 3. The average molecular weight is 226 g/mol. The molecular formula is C9H13F3O3. The summed E-state index contributed by atoms with van der Waals surface area (Å²) in [5, 5.41) is 0. The predicted molar refractivity (Wildman–Crippen MR) is 47.2 cm³/mol. The molecule has 0 aromatic heterocycles. The van der Waals surface area contributed by atoms with Gasteiger partial charge in [-0.15, -0.1) is 0 Å². The van der Waals surface area contributed by atoms with Gasteiger partial charge in [0.05, 0.1) is 13.7 Å². The van der Waals surface area contributed by atoms with E-state index in [0.717, 1.165) is 6.92 Å². The van der Waals surface area contributed by atoms with Gasteiger partial charge in [0.25, 0.3) is 0 Å². The fourth-order valence-corrected chi connectivity index (χ4v) is 0.656. The number of methoxy groups -OCH3 is 1. The molecule has 88 valence electrons. The summed E-state index contributed by atoms with van der Waals surface area (Å²) >= 11 is 0. The average Bonchev–Trinajstić information content (AvgIpc) is 2.14. The second kappa shape index (κ2) is 5.75. The van der Waals surface area contributed by atoms with Gasteiger partial charge >= 0.3 is 12.1 Å². The van der Waals surface area contributed by atoms with Crippen LogP contribution in [0.15, 0.2) is 11.6 Å². The standard InChI is InChI=1S/C9H13F3O3/c1-6(8(13)14-3)4-5-15-7(2)9(10,11)12/h4,7H,5H2,1-3H3. The number of carbonyl (C=O) groups is 1. The number of carbonyl (C=O) groups excluding carboxylic acids is 1. The van der Waals surface area contributed by atoms with E-state index >= 15 is 0 Å². The topological polar surface area (TPSA) is 35.5 Å². The van der Waals surface area contributed by atoms with Crippen LogP contribution >= 0.6 is 0 Å². The van der Waals surface area contributed by atoms with Crippen molar-refractivity contribution < 1.29 is 27.4 Å². The van der Waals surface area contributed by atoms with Crippen molar-refractivity contribution in [2.45, 2.75) is 26.1 Å². The summed E-state index contributed by atoms with van der Waals surface area (Å²) in [7, 11) is 1.19. The maximum Gasteiger partial charge on any atom is 0.414 e. The van der Waals surface area contributed by atoms with Crippen LogP contribution in [0.25, 0.3) is 0 Å². The van der Waals surface area contributed by atoms with Crippen molar-refractivity contribution in [3.63, 3.8) is 0 Å². The molecule has 0 aromatic carbocycles. The minimum absolute atomic E-state index is 0.215. The quantitative estimate of drug-likeness (QED) is 0.543. The van der Waals surface area contributed by atoms with Gasteiger partial charge in [0.1, 0.15) is 0 Å². The highest BCUT2D eigenvalue weighted by molar-refractivity contribution is 5.87. The Morgan fingerprint density at radius 1 is 1.47 bits per heavy atom. The van der Waals surface area contributed by atoms with Gasteiger partial charge in [-0.05, 0) is 19.9 Å². The van der Waals surface area contributed by atoms with E-state index in [1.54, 1.807) is 0 Å². The van der Waals surface area contributed by atoms with E-state index < -0.39 is 18.2 Å². The molecule has 0 amide bonds. The Labute approximate surface area is 85.9 Å². The molecule has 0 fully saturated rings. The molecule has 0 heterocycles. The van der Waals surface area contributed by atoms with E-state index in [4.69, 9.17) is 0 Å². The summed E-state index contributed by atoms with van der Waals surface area (Å²) in [5.74, 6) is -0.585. The van der Waals surface area contributed by atoms with Crippen LogP contribution in [0, 0.1) is 0 Å². The predicted octanol–water partition coefficient (Wildman–Crippen LogP) is 2.07. The zero-order valence-corrected chi connectivity index (χ0v) is 8.72. The van der Waals surface area contributed by atoms with Gasteiger partial charge in [0, 0.05) is 5.57 Å². The van der Waals surface area contributed by atoms with Crippen LogP contribution in [0.3, 0.4) is 0 Å². The molecule has 15 heavy (non-hydrogen) atoms. The molecule has 0 radical (unpaired) electrons. The lowest BCUT2D eigenvalue weighted by atomic mass is 10.3. The fourth-order valence-electron chi connectivity index (χ4n) is 0.656. The lowest BCUT2D eigenvalue weighted by Gasteiger charge is -2.15. The Bertz CT molecular complexity index is 245. The zero-order valence-electron chi connectivity index (χ0n) is 8.72. The highest BCUT2D eigenvalue weighted by Gasteiger charge is 2.36. The Morgan fingerprint density at radius 2 is 2.00 bits per heavy atom. The molecule has 0 aliphatic rings. The molecular weight excluding hydrogens is 213 g/mol. The van der Waals surface area contributed by atoms with Crippen LogP contribution in [0.2, 0.25) is 0 Å². The van der Waals surface area contributed by atoms with E-state index in [-0.39, 0.29) is 12.2 Å². The molecule has 0 aliphatic heterocycles. The van der Waals surface area contributed by atoms with Crippen molar-refractivity contribution in [3.8, 4) is 0 Å². The van der Waals surface area contributed by atoms with Crippen molar-refractivity contribution in [1.82, 2.24) is 0 Å². The Morgan fingerprint density at radius 3 is 2.40 bits per heavy atom. The van der Waals surface area contributed by atoms with Crippen LogP contribution in [0.5, 0.6) is 0 Å². The van der Waals surface area contributed by atoms with Crippen LogP contribution in [-0.2, 0) is 14.3 Å². The number of halogens is 3. The van der Waals surface area contributed by atoms with E-state index in [9.17, 15) is 18.0 Å². The van der Waals surface area contributed by atoms with Gasteiger partial charge in [0.2, 0.25) is 0 Å². The minimum atomic E-state index is -4.38. The van der Waals surface area contributed by atoms with Crippen molar-refractivity contribution >= 4 is 5.97 Å². The van der Waals surface area contributed by atoms with Crippen LogP contribution in [0.4, 0.5) is 13.2 Å². The van der Waals surface area contributed by atoms with E-state index in [0.29, 0.717) is 0 Å². The maximum atomic E-state index is 12.0. The molecule has 0 saturated heterocycles. The molecule has 0 N–H and O–H groups in total. The molecule has 0 rings (SSSR count). The summed E-state index contributed by atoms with van der Waals surface area (Å²) in [6, 6.07) is 0. The number of ether oxygens (including phenoxy) is 2. The van der Waals surface area contributed by atoms with E-state index in [1.165, 1.54) is 20.1 Å². The highest BCUT2D eigenvalue weighted by atomic mass is 19.4. The van der Waals surface area contributed by atoms with Crippen molar-refractivity contribution in [2.24, 2.45) is 0 Å². The van der Waals surface area contributed by atoms with Gasteiger partial charge in [-0.1, -0.05) is 0 Å². The van der Waals surface area contributed by atoms with Gasteiger partial charge < -0.3 is 9.47 Å². The molecule has 0 saturated carbocycles. The fraction of sp³-hybridized carbons (Fsp3) is 0.667. The van der Waals surface area contributed by atoms with Gasteiger partial charge in [0.15, 0.2) is 6.10 Å². The zero-order chi connectivity index (χ0) is 12.1. The first-order chi connectivity index (χ1) is 6.79. The van der Waals surface area contributed by atoms with Gasteiger partial charge in [-0.25, -0.2) is 4.79 Å². The second-order valence-corrected chi connectivity index (χ2v) is 2.90. The first kappa shape index (κ1) is 14.0. The van der Waals surface area contributed by atoms with E-state index in [1.807, 2.05) is 0 Å². The summed E-state index contributed by atoms with van der Waals surface area (Å²) in [6.45, 7) is 2.07. The number of rotatable bonds is 4. The third-order valence-electron chi connectivity index (χ3n) is 1.70. The lowest BCUT2D eigenvalue weighted by molar-refractivity contribution is -0.211. The maximum absolute atomic E-state index is 12.0. The molecule has 6 heteroatoms. The molecule has 0 spiro atoms. The monoisotopic (exact) mass is 226 g/mol. The number of hydrogen-bond donors (Lipinski definition) is 0. The van der Waals surface area contributed by atoms with Gasteiger partial charge in [-0.3, -0.25) is 0 Å². The van der Waals surface area contributed by atoms with Crippen molar-refractivity contribution in [1.29, 1.82) is 0 Å². The smallest absolute Gasteiger partial charge is 0.414 e. The van der Waals surface area contributed by atoms with Crippen LogP contribution in [-0.4, -0.2) is 32.0 Å². The van der Waals surface area contributed by atoms with Crippen molar-refractivity contribution in [3.05, 3.63) is 11.6 Å². The Kier molecular flexibility index (Phi) is 5.35. The summed E-state index contributed by atoms with van der Waals surface area (Å²) < 4.78 is 44.7. The molecule has 0 aliphatic carbocycles.